The van der Waals surface area contributed by atoms with Crippen molar-refractivity contribution in [2.24, 2.45) is 5.92 Å². The Bertz CT molecular complexity index is 451. The highest BCUT2D eigenvalue weighted by atomic mass is 19.4. The topological polar surface area (TPSA) is 46.2 Å². The van der Waals surface area contributed by atoms with Gasteiger partial charge in [-0.15, -0.1) is 0 Å². The van der Waals surface area contributed by atoms with E-state index in [1.54, 1.807) is 19.1 Å². The molecule has 0 spiro atoms. The largest absolute Gasteiger partial charge is 0.407 e. The Morgan fingerprint density at radius 3 is 2.06 bits per heavy atom. The van der Waals surface area contributed by atoms with Gasteiger partial charge in [-0.05, 0) is 26.0 Å². The Labute approximate surface area is 102 Å². The van der Waals surface area contributed by atoms with Crippen LogP contribution in [0, 0.1) is 12.8 Å². The molecule has 0 aromatic heterocycles. The van der Waals surface area contributed by atoms with Gasteiger partial charge in [-0.2, -0.15) is 13.2 Å². The van der Waals surface area contributed by atoms with Gasteiger partial charge < -0.3 is 5.32 Å². The van der Waals surface area contributed by atoms with Crippen LogP contribution in [-0.2, 0) is 9.59 Å². The summed E-state index contributed by atoms with van der Waals surface area (Å²) >= 11 is 0. The third kappa shape index (κ3) is 3.58. The van der Waals surface area contributed by atoms with Crippen LogP contribution in [0.25, 0.3) is 0 Å². The first-order chi connectivity index (χ1) is 8.21. The molecule has 3 nitrogen and oxygen atoms in total. The number of halogens is 3. The molecule has 1 N–H and O–H groups in total. The number of rotatable bonds is 3. The predicted octanol–water partition coefficient (Wildman–Crippen LogP) is 2.70. The molecule has 0 aliphatic heterocycles. The SMILES string of the molecule is CC(=O)C(C(=O)Nc1ccc(C)cc1)C(F)(F)F. The van der Waals surface area contributed by atoms with E-state index in [0.29, 0.717) is 0 Å². The maximum Gasteiger partial charge on any atom is 0.407 e. The van der Waals surface area contributed by atoms with E-state index in [1.807, 2.05) is 0 Å². The first-order valence-electron chi connectivity index (χ1n) is 5.16. The molecule has 18 heavy (non-hydrogen) atoms. The fourth-order valence-electron chi connectivity index (χ4n) is 1.42. The standard InChI is InChI=1S/C12H12F3NO2/c1-7-3-5-9(6-4-7)16-11(18)10(8(2)17)12(13,14)15/h3-6,10H,1-2H3,(H,16,18). The van der Waals surface area contributed by atoms with Crippen molar-refractivity contribution in [3.05, 3.63) is 29.8 Å². The Morgan fingerprint density at radius 2 is 1.67 bits per heavy atom. The van der Waals surface area contributed by atoms with Gasteiger partial charge in [0.1, 0.15) is 0 Å². The van der Waals surface area contributed by atoms with Gasteiger partial charge >= 0.3 is 6.18 Å². The molecule has 6 heteroatoms. The number of anilines is 1. The van der Waals surface area contributed by atoms with Crippen LogP contribution in [0.1, 0.15) is 12.5 Å². The molecule has 1 aromatic rings. The molecular formula is C12H12F3NO2. The van der Waals surface area contributed by atoms with Crippen molar-refractivity contribution < 1.29 is 22.8 Å². The van der Waals surface area contributed by atoms with Crippen molar-refractivity contribution in [3.63, 3.8) is 0 Å². The van der Waals surface area contributed by atoms with E-state index < -0.39 is 23.8 Å². The average Bonchev–Trinajstić information content (AvgIpc) is 2.18. The second-order valence-corrected chi connectivity index (χ2v) is 3.94. The number of benzene rings is 1. The molecule has 1 rings (SSSR count). The highest BCUT2D eigenvalue weighted by Crippen LogP contribution is 2.28. The van der Waals surface area contributed by atoms with E-state index in [4.69, 9.17) is 0 Å². The first kappa shape index (κ1) is 14.2. The number of alkyl halides is 3. The van der Waals surface area contributed by atoms with Crippen molar-refractivity contribution in [2.45, 2.75) is 20.0 Å². The second-order valence-electron chi connectivity index (χ2n) is 3.94. The lowest BCUT2D eigenvalue weighted by Gasteiger charge is -2.17. The molecule has 0 saturated heterocycles. The van der Waals surface area contributed by atoms with Crippen LogP contribution >= 0.6 is 0 Å². The lowest BCUT2D eigenvalue weighted by Crippen LogP contribution is -2.39. The predicted molar refractivity (Wildman–Crippen MR) is 60.0 cm³/mol. The summed E-state index contributed by atoms with van der Waals surface area (Å²) in [5.74, 6) is -5.22. The highest BCUT2D eigenvalue weighted by Gasteiger charge is 2.48. The second kappa shape index (κ2) is 5.20. The summed E-state index contributed by atoms with van der Waals surface area (Å²) in [6, 6.07) is 6.24. The van der Waals surface area contributed by atoms with Crippen molar-refractivity contribution in [1.82, 2.24) is 0 Å². The molecule has 0 heterocycles. The zero-order valence-electron chi connectivity index (χ0n) is 9.84. The molecule has 0 bridgehead atoms. The van der Waals surface area contributed by atoms with Gasteiger partial charge in [-0.3, -0.25) is 9.59 Å². The van der Waals surface area contributed by atoms with Crippen LogP contribution in [0.15, 0.2) is 24.3 Å². The van der Waals surface area contributed by atoms with E-state index in [9.17, 15) is 22.8 Å². The Hall–Kier alpha value is -1.85. The van der Waals surface area contributed by atoms with Crippen molar-refractivity contribution in [2.75, 3.05) is 5.32 Å². The van der Waals surface area contributed by atoms with E-state index in [2.05, 4.69) is 5.32 Å². The molecule has 1 atom stereocenters. The van der Waals surface area contributed by atoms with Gasteiger partial charge in [0, 0.05) is 5.69 Å². The molecule has 98 valence electrons. The van der Waals surface area contributed by atoms with Crippen molar-refractivity contribution >= 4 is 17.4 Å². The molecular weight excluding hydrogens is 247 g/mol. The lowest BCUT2D eigenvalue weighted by atomic mass is 10.0. The number of ketones is 1. The van der Waals surface area contributed by atoms with E-state index >= 15 is 0 Å². The number of carbonyl (C=O) groups is 2. The van der Waals surface area contributed by atoms with Gasteiger partial charge in [0.15, 0.2) is 11.7 Å². The fraction of sp³-hybridized carbons (Fsp3) is 0.333. The summed E-state index contributed by atoms with van der Waals surface area (Å²) in [4.78, 5) is 22.3. The minimum absolute atomic E-state index is 0.223. The summed E-state index contributed by atoms with van der Waals surface area (Å²) in [6.07, 6.45) is -4.87. The lowest BCUT2D eigenvalue weighted by molar-refractivity contribution is -0.182. The molecule has 0 saturated carbocycles. The number of aryl methyl sites for hydroxylation is 1. The van der Waals surface area contributed by atoms with Gasteiger partial charge in [-0.1, -0.05) is 17.7 Å². The molecule has 1 unspecified atom stereocenters. The minimum atomic E-state index is -4.87. The zero-order valence-corrected chi connectivity index (χ0v) is 9.84. The smallest absolute Gasteiger partial charge is 0.325 e. The summed E-state index contributed by atoms with van der Waals surface area (Å²) < 4.78 is 37.5. The van der Waals surface area contributed by atoms with Crippen LogP contribution in [0.3, 0.4) is 0 Å². The molecule has 1 aromatic carbocycles. The molecule has 0 radical (unpaired) electrons. The normalized spacial score (nSPS) is 12.9. The van der Waals surface area contributed by atoms with Crippen LogP contribution in [0.2, 0.25) is 0 Å². The number of carbonyl (C=O) groups excluding carboxylic acids is 2. The van der Waals surface area contributed by atoms with Crippen molar-refractivity contribution in [1.29, 1.82) is 0 Å². The number of hydrogen-bond acceptors (Lipinski definition) is 2. The maximum absolute atomic E-state index is 12.5. The number of nitrogens with one attached hydrogen (secondary N) is 1. The van der Waals surface area contributed by atoms with Crippen LogP contribution < -0.4 is 5.32 Å². The minimum Gasteiger partial charge on any atom is -0.325 e. The third-order valence-electron chi connectivity index (χ3n) is 2.32. The summed E-state index contributed by atoms with van der Waals surface area (Å²) in [5.41, 5.74) is 1.13. The molecule has 1 amide bonds. The number of hydrogen-bond donors (Lipinski definition) is 1. The monoisotopic (exact) mass is 259 g/mol. The fourth-order valence-corrected chi connectivity index (χ4v) is 1.42. The molecule has 0 aliphatic rings. The Morgan fingerprint density at radius 1 is 1.17 bits per heavy atom. The number of Topliss-reactive ketones (excluding diaryl/α,β-unsaturated/α-hetero) is 1. The number of amides is 1. The van der Waals surface area contributed by atoms with Crippen LogP contribution in [0.5, 0.6) is 0 Å². The highest BCUT2D eigenvalue weighted by molar-refractivity contribution is 6.07. The zero-order chi connectivity index (χ0) is 13.9. The Balaban J connectivity index is 2.86. The van der Waals surface area contributed by atoms with E-state index in [0.717, 1.165) is 12.5 Å². The molecule has 0 fully saturated rings. The summed E-state index contributed by atoms with van der Waals surface area (Å²) in [6.45, 7) is 2.55. The summed E-state index contributed by atoms with van der Waals surface area (Å²) in [7, 11) is 0. The maximum atomic E-state index is 12.5. The quantitative estimate of drug-likeness (QED) is 0.848. The van der Waals surface area contributed by atoms with Crippen LogP contribution in [-0.4, -0.2) is 17.9 Å². The average molecular weight is 259 g/mol. The third-order valence-corrected chi connectivity index (χ3v) is 2.32. The first-order valence-corrected chi connectivity index (χ1v) is 5.16. The van der Waals surface area contributed by atoms with E-state index in [1.165, 1.54) is 12.1 Å². The van der Waals surface area contributed by atoms with E-state index in [-0.39, 0.29) is 5.69 Å². The van der Waals surface area contributed by atoms with Crippen molar-refractivity contribution in [3.8, 4) is 0 Å². The Kier molecular flexibility index (Phi) is 4.11. The van der Waals surface area contributed by atoms with Crippen LogP contribution in [0.4, 0.5) is 18.9 Å². The van der Waals surface area contributed by atoms with Gasteiger partial charge in [0.2, 0.25) is 5.91 Å². The molecule has 0 aliphatic carbocycles. The van der Waals surface area contributed by atoms with Gasteiger partial charge in [-0.25, -0.2) is 0 Å². The van der Waals surface area contributed by atoms with Gasteiger partial charge in [0.25, 0.3) is 0 Å². The summed E-state index contributed by atoms with van der Waals surface area (Å²) in [5, 5.41) is 2.08. The van der Waals surface area contributed by atoms with Gasteiger partial charge in [0.05, 0.1) is 0 Å².